The highest BCUT2D eigenvalue weighted by molar-refractivity contribution is 5.21. The molecule has 0 aromatic carbocycles. The summed E-state index contributed by atoms with van der Waals surface area (Å²) in [7, 11) is 0. The molecule has 0 bridgehead atoms. The predicted octanol–water partition coefficient (Wildman–Crippen LogP) is 1.23. The molecule has 2 aliphatic rings. The number of allylic oxidation sites excluding steroid dienone is 2. The van der Waals surface area contributed by atoms with Gasteiger partial charge in [-0.25, -0.2) is 0 Å². The van der Waals surface area contributed by atoms with Crippen LogP contribution in [0.1, 0.15) is 0 Å². The molecule has 72 valence electrons. The maximum atomic E-state index is 12.3. The number of alkyl halides is 3. The zero-order chi connectivity index (χ0) is 9.47. The van der Waals surface area contributed by atoms with E-state index in [2.05, 4.69) is 5.32 Å². The molecule has 1 fully saturated rings. The van der Waals surface area contributed by atoms with E-state index in [1.54, 1.807) is 17.1 Å². The zero-order valence-electron chi connectivity index (χ0n) is 6.80. The van der Waals surface area contributed by atoms with Crippen molar-refractivity contribution in [1.82, 2.24) is 10.2 Å². The highest BCUT2D eigenvalue weighted by Crippen LogP contribution is 2.27. The lowest BCUT2D eigenvalue weighted by Gasteiger charge is -2.18. The van der Waals surface area contributed by atoms with Gasteiger partial charge in [0, 0.05) is 13.1 Å². The van der Waals surface area contributed by atoms with E-state index < -0.39 is 12.2 Å². The van der Waals surface area contributed by atoms with Gasteiger partial charge in [0.15, 0.2) is 0 Å². The molecule has 2 heterocycles. The van der Waals surface area contributed by atoms with E-state index >= 15 is 0 Å². The molecule has 2 nitrogen and oxygen atoms in total. The molecule has 13 heavy (non-hydrogen) atoms. The summed E-state index contributed by atoms with van der Waals surface area (Å²) in [6, 6.07) is -1.42. The molecule has 0 aromatic rings. The summed E-state index contributed by atoms with van der Waals surface area (Å²) in [6.07, 6.45) is 1.11. The SMILES string of the molecule is FC(F)(F)C1CN2CC=CC=C2N1. The van der Waals surface area contributed by atoms with Gasteiger partial charge in [-0.3, -0.25) is 0 Å². The van der Waals surface area contributed by atoms with Crippen LogP contribution in [-0.2, 0) is 0 Å². The van der Waals surface area contributed by atoms with Crippen LogP contribution in [0, 0.1) is 0 Å². The topological polar surface area (TPSA) is 15.3 Å². The maximum Gasteiger partial charge on any atom is 0.410 e. The Morgan fingerprint density at radius 2 is 2.23 bits per heavy atom. The molecule has 1 N–H and O–H groups in total. The molecule has 0 amide bonds. The van der Waals surface area contributed by atoms with Crippen molar-refractivity contribution >= 4 is 0 Å². The lowest BCUT2D eigenvalue weighted by atomic mass is 10.3. The summed E-state index contributed by atoms with van der Waals surface area (Å²) in [4.78, 5) is 1.68. The van der Waals surface area contributed by atoms with E-state index in [1.165, 1.54) is 0 Å². The average molecular weight is 190 g/mol. The normalized spacial score (nSPS) is 26.8. The first kappa shape index (κ1) is 8.47. The first-order valence-corrected chi connectivity index (χ1v) is 4.02. The third-order valence-electron chi connectivity index (χ3n) is 2.18. The van der Waals surface area contributed by atoms with Gasteiger partial charge in [0.05, 0.1) is 0 Å². The zero-order valence-corrected chi connectivity index (χ0v) is 6.80. The van der Waals surface area contributed by atoms with E-state index in [1.807, 2.05) is 6.08 Å². The minimum atomic E-state index is -4.15. The van der Waals surface area contributed by atoms with Crippen LogP contribution in [0.15, 0.2) is 24.0 Å². The van der Waals surface area contributed by atoms with Gasteiger partial charge in [0.1, 0.15) is 11.9 Å². The van der Waals surface area contributed by atoms with Crippen molar-refractivity contribution in [3.8, 4) is 0 Å². The van der Waals surface area contributed by atoms with Crippen molar-refractivity contribution in [3.63, 3.8) is 0 Å². The second kappa shape index (κ2) is 2.68. The first-order chi connectivity index (χ1) is 6.07. The summed E-state index contributed by atoms with van der Waals surface area (Å²) < 4.78 is 36.8. The maximum absolute atomic E-state index is 12.3. The van der Waals surface area contributed by atoms with E-state index in [0.717, 1.165) is 0 Å². The Hall–Kier alpha value is -1.13. The molecular weight excluding hydrogens is 181 g/mol. The molecule has 0 aromatic heterocycles. The molecule has 0 spiro atoms. The largest absolute Gasteiger partial charge is 0.410 e. The van der Waals surface area contributed by atoms with Crippen molar-refractivity contribution in [2.45, 2.75) is 12.2 Å². The van der Waals surface area contributed by atoms with Crippen molar-refractivity contribution in [2.24, 2.45) is 0 Å². The van der Waals surface area contributed by atoms with Crippen LogP contribution in [0.2, 0.25) is 0 Å². The number of nitrogens with zero attached hydrogens (tertiary/aromatic N) is 1. The van der Waals surface area contributed by atoms with Crippen LogP contribution in [-0.4, -0.2) is 30.2 Å². The summed E-state index contributed by atoms with van der Waals surface area (Å²) in [5.41, 5.74) is 0. The Morgan fingerprint density at radius 3 is 2.85 bits per heavy atom. The molecule has 1 atom stereocenters. The van der Waals surface area contributed by atoms with Gasteiger partial charge in [0.2, 0.25) is 0 Å². The fraction of sp³-hybridized carbons (Fsp3) is 0.500. The highest BCUT2D eigenvalue weighted by Gasteiger charge is 2.45. The lowest BCUT2D eigenvalue weighted by Crippen LogP contribution is -2.39. The average Bonchev–Trinajstić information content (AvgIpc) is 2.45. The van der Waals surface area contributed by atoms with Gasteiger partial charge in [-0.2, -0.15) is 13.2 Å². The van der Waals surface area contributed by atoms with E-state index in [-0.39, 0.29) is 6.54 Å². The molecular formula is C8H9F3N2. The second-order valence-corrected chi connectivity index (χ2v) is 3.12. The van der Waals surface area contributed by atoms with Crippen LogP contribution < -0.4 is 5.32 Å². The minimum Gasteiger partial charge on any atom is -0.359 e. The highest BCUT2D eigenvalue weighted by atomic mass is 19.4. The quantitative estimate of drug-likeness (QED) is 0.618. The fourth-order valence-electron chi connectivity index (χ4n) is 1.49. The predicted molar refractivity (Wildman–Crippen MR) is 41.8 cm³/mol. The molecule has 5 heteroatoms. The Kier molecular flexibility index (Phi) is 1.75. The number of halogens is 3. The van der Waals surface area contributed by atoms with Gasteiger partial charge in [-0.05, 0) is 6.08 Å². The molecule has 2 rings (SSSR count). The molecule has 0 radical (unpaired) electrons. The van der Waals surface area contributed by atoms with Gasteiger partial charge in [-0.15, -0.1) is 0 Å². The molecule has 0 saturated carbocycles. The van der Waals surface area contributed by atoms with Crippen LogP contribution in [0.5, 0.6) is 0 Å². The van der Waals surface area contributed by atoms with Gasteiger partial charge >= 0.3 is 6.18 Å². The van der Waals surface area contributed by atoms with Crippen LogP contribution in [0.4, 0.5) is 13.2 Å². The minimum absolute atomic E-state index is 0.0136. The third-order valence-corrected chi connectivity index (χ3v) is 2.18. The van der Waals surface area contributed by atoms with E-state index in [0.29, 0.717) is 12.4 Å². The Labute approximate surface area is 73.7 Å². The third kappa shape index (κ3) is 1.50. The van der Waals surface area contributed by atoms with E-state index in [9.17, 15) is 13.2 Å². The standard InChI is InChI=1S/C8H9F3N2/c9-8(10,11)6-5-13-4-2-1-3-7(13)12-6/h1-3,6,12H,4-5H2. The lowest BCUT2D eigenvalue weighted by molar-refractivity contribution is -0.149. The monoisotopic (exact) mass is 190 g/mol. The summed E-state index contributed by atoms with van der Waals surface area (Å²) in [5, 5.41) is 2.44. The Morgan fingerprint density at radius 1 is 1.46 bits per heavy atom. The number of nitrogens with one attached hydrogen (secondary N) is 1. The van der Waals surface area contributed by atoms with Crippen LogP contribution in [0.25, 0.3) is 0 Å². The Bertz CT molecular complexity index is 267. The summed E-state index contributed by atoms with van der Waals surface area (Å²) in [6.45, 7) is 0.574. The number of hydrogen-bond acceptors (Lipinski definition) is 2. The van der Waals surface area contributed by atoms with Crippen molar-refractivity contribution in [1.29, 1.82) is 0 Å². The molecule has 1 unspecified atom stereocenters. The summed E-state index contributed by atoms with van der Waals surface area (Å²) >= 11 is 0. The van der Waals surface area contributed by atoms with Crippen molar-refractivity contribution < 1.29 is 13.2 Å². The molecule has 2 aliphatic heterocycles. The number of fused-ring (bicyclic) bond motifs is 1. The second-order valence-electron chi connectivity index (χ2n) is 3.12. The number of rotatable bonds is 0. The molecule has 1 saturated heterocycles. The summed E-state index contributed by atoms with van der Waals surface area (Å²) in [5.74, 6) is 0.574. The smallest absolute Gasteiger partial charge is 0.359 e. The van der Waals surface area contributed by atoms with Crippen molar-refractivity contribution in [3.05, 3.63) is 24.0 Å². The van der Waals surface area contributed by atoms with Crippen LogP contribution >= 0.6 is 0 Å². The van der Waals surface area contributed by atoms with Crippen LogP contribution in [0.3, 0.4) is 0 Å². The van der Waals surface area contributed by atoms with Crippen molar-refractivity contribution in [2.75, 3.05) is 13.1 Å². The van der Waals surface area contributed by atoms with Gasteiger partial charge < -0.3 is 10.2 Å². The fourth-order valence-corrected chi connectivity index (χ4v) is 1.49. The van der Waals surface area contributed by atoms with Gasteiger partial charge in [-0.1, -0.05) is 12.2 Å². The number of hydrogen-bond donors (Lipinski definition) is 1. The molecule has 0 aliphatic carbocycles. The van der Waals surface area contributed by atoms with E-state index in [4.69, 9.17) is 0 Å². The van der Waals surface area contributed by atoms with Gasteiger partial charge in [0.25, 0.3) is 0 Å². The first-order valence-electron chi connectivity index (χ1n) is 4.02. The Balaban J connectivity index is 2.11.